The molecule has 8 nitrogen and oxygen atoms in total. The fourth-order valence-electron chi connectivity index (χ4n) is 2.15. The van der Waals surface area contributed by atoms with Crippen molar-refractivity contribution in [1.82, 2.24) is 5.32 Å². The normalized spacial score (nSPS) is 14.0. The first-order valence-corrected chi connectivity index (χ1v) is 7.25. The van der Waals surface area contributed by atoms with E-state index < -0.39 is 17.9 Å². The Morgan fingerprint density at radius 2 is 2.12 bits per heavy atom. The lowest BCUT2D eigenvalue weighted by Crippen LogP contribution is -2.41. The van der Waals surface area contributed by atoms with Gasteiger partial charge in [0, 0.05) is 5.69 Å². The van der Waals surface area contributed by atoms with Crippen LogP contribution in [0.1, 0.15) is 17.5 Å². The Morgan fingerprint density at radius 3 is 2.88 bits per heavy atom. The molecule has 1 aromatic heterocycles. The molecule has 0 saturated heterocycles. The maximum Gasteiger partial charge on any atom is 0.287 e. The number of benzene rings is 1. The van der Waals surface area contributed by atoms with Gasteiger partial charge in [-0.3, -0.25) is 14.4 Å². The Bertz CT molecular complexity index is 785. The van der Waals surface area contributed by atoms with Gasteiger partial charge in [0.2, 0.25) is 5.91 Å². The summed E-state index contributed by atoms with van der Waals surface area (Å²) in [6.07, 6.45) is 1.38. The molecule has 1 atom stereocenters. The monoisotopic (exact) mass is 329 g/mol. The van der Waals surface area contributed by atoms with E-state index in [1.807, 2.05) is 0 Å². The molecule has 2 heterocycles. The van der Waals surface area contributed by atoms with Crippen LogP contribution >= 0.6 is 0 Å². The van der Waals surface area contributed by atoms with Crippen molar-refractivity contribution in [2.24, 2.45) is 0 Å². The first-order chi connectivity index (χ1) is 11.5. The number of fused-ring (bicyclic) bond motifs is 1. The van der Waals surface area contributed by atoms with Gasteiger partial charge in [-0.25, -0.2) is 0 Å². The number of carbonyl (C=O) groups is 3. The van der Waals surface area contributed by atoms with Gasteiger partial charge in [0.15, 0.2) is 12.4 Å². The summed E-state index contributed by atoms with van der Waals surface area (Å²) in [6, 6.07) is 7.20. The number of furan rings is 1. The summed E-state index contributed by atoms with van der Waals surface area (Å²) in [6.45, 7) is 1.52. The van der Waals surface area contributed by atoms with Crippen LogP contribution in [-0.2, 0) is 9.59 Å². The fraction of sp³-hybridized carbons (Fsp3) is 0.188. The van der Waals surface area contributed by atoms with E-state index in [1.165, 1.54) is 12.3 Å². The van der Waals surface area contributed by atoms with Gasteiger partial charge in [0.1, 0.15) is 11.8 Å². The highest BCUT2D eigenvalue weighted by molar-refractivity contribution is 6.01. The largest absolute Gasteiger partial charge is 0.482 e. The molecular formula is C16H15N3O5. The van der Waals surface area contributed by atoms with Crippen molar-refractivity contribution in [3.8, 4) is 5.75 Å². The molecular weight excluding hydrogens is 314 g/mol. The zero-order valence-electron chi connectivity index (χ0n) is 12.8. The molecule has 0 aliphatic carbocycles. The van der Waals surface area contributed by atoms with E-state index in [9.17, 15) is 14.4 Å². The van der Waals surface area contributed by atoms with Crippen LogP contribution in [0.4, 0.5) is 11.4 Å². The van der Waals surface area contributed by atoms with E-state index in [-0.39, 0.29) is 18.3 Å². The first-order valence-electron chi connectivity index (χ1n) is 7.25. The summed E-state index contributed by atoms with van der Waals surface area (Å²) < 4.78 is 10.2. The maximum absolute atomic E-state index is 12.2. The molecule has 3 rings (SSSR count). The molecule has 0 fully saturated rings. The molecule has 1 aliphatic heterocycles. The summed E-state index contributed by atoms with van der Waals surface area (Å²) in [7, 11) is 0. The van der Waals surface area contributed by atoms with Crippen LogP contribution in [0.3, 0.4) is 0 Å². The third-order valence-corrected chi connectivity index (χ3v) is 3.37. The molecule has 8 heteroatoms. The second-order valence-corrected chi connectivity index (χ2v) is 5.21. The zero-order chi connectivity index (χ0) is 17.1. The summed E-state index contributed by atoms with van der Waals surface area (Å²) >= 11 is 0. The van der Waals surface area contributed by atoms with Crippen LogP contribution in [0.2, 0.25) is 0 Å². The van der Waals surface area contributed by atoms with E-state index in [1.54, 1.807) is 31.2 Å². The summed E-state index contributed by atoms with van der Waals surface area (Å²) in [5.74, 6) is -0.480. The number of rotatable bonds is 4. The molecule has 0 radical (unpaired) electrons. The van der Waals surface area contributed by atoms with Crippen LogP contribution in [0.15, 0.2) is 41.0 Å². The van der Waals surface area contributed by atoms with Gasteiger partial charge in [-0.1, -0.05) is 0 Å². The van der Waals surface area contributed by atoms with Crippen molar-refractivity contribution in [3.05, 3.63) is 42.4 Å². The minimum Gasteiger partial charge on any atom is -0.482 e. The quantitative estimate of drug-likeness (QED) is 0.785. The molecule has 1 aromatic carbocycles. The smallest absolute Gasteiger partial charge is 0.287 e. The molecule has 0 saturated carbocycles. The zero-order valence-corrected chi connectivity index (χ0v) is 12.8. The van der Waals surface area contributed by atoms with Crippen molar-refractivity contribution in [2.75, 3.05) is 17.2 Å². The molecule has 0 bridgehead atoms. The number of hydrogen-bond donors (Lipinski definition) is 3. The van der Waals surface area contributed by atoms with E-state index in [0.29, 0.717) is 17.1 Å². The van der Waals surface area contributed by atoms with E-state index in [0.717, 1.165) is 0 Å². The molecule has 0 unspecified atom stereocenters. The average Bonchev–Trinajstić information content (AvgIpc) is 3.09. The number of nitrogens with one attached hydrogen (secondary N) is 3. The van der Waals surface area contributed by atoms with Crippen molar-refractivity contribution < 1.29 is 23.5 Å². The molecule has 3 N–H and O–H groups in total. The minimum absolute atomic E-state index is 0.0332. The SMILES string of the molecule is C[C@H](NC(=O)c1ccco1)C(=O)Nc1ccc2c(c1)NC(=O)CO2. The Kier molecular flexibility index (Phi) is 4.19. The summed E-state index contributed by atoms with van der Waals surface area (Å²) in [4.78, 5) is 35.3. The Balaban J connectivity index is 1.63. The summed E-state index contributed by atoms with van der Waals surface area (Å²) in [5.41, 5.74) is 0.958. The Morgan fingerprint density at radius 1 is 1.29 bits per heavy atom. The topological polar surface area (TPSA) is 110 Å². The lowest BCUT2D eigenvalue weighted by atomic mass is 10.2. The second-order valence-electron chi connectivity index (χ2n) is 5.21. The molecule has 124 valence electrons. The van der Waals surface area contributed by atoms with Gasteiger partial charge in [-0.05, 0) is 37.3 Å². The van der Waals surface area contributed by atoms with E-state index in [4.69, 9.17) is 9.15 Å². The third kappa shape index (κ3) is 3.37. The molecule has 3 amide bonds. The molecule has 24 heavy (non-hydrogen) atoms. The van der Waals surface area contributed by atoms with E-state index >= 15 is 0 Å². The predicted molar refractivity (Wildman–Crippen MR) is 84.8 cm³/mol. The maximum atomic E-state index is 12.2. The Hall–Kier alpha value is -3.29. The van der Waals surface area contributed by atoms with Crippen molar-refractivity contribution in [1.29, 1.82) is 0 Å². The third-order valence-electron chi connectivity index (χ3n) is 3.37. The fourth-order valence-corrected chi connectivity index (χ4v) is 2.15. The van der Waals surface area contributed by atoms with Gasteiger partial charge < -0.3 is 25.1 Å². The van der Waals surface area contributed by atoms with E-state index in [2.05, 4.69) is 16.0 Å². The molecule has 1 aliphatic rings. The lowest BCUT2D eigenvalue weighted by Gasteiger charge is -2.19. The van der Waals surface area contributed by atoms with Crippen LogP contribution in [-0.4, -0.2) is 30.4 Å². The Labute approximate surface area is 137 Å². The highest BCUT2D eigenvalue weighted by atomic mass is 16.5. The second kappa shape index (κ2) is 6.45. The molecule has 2 aromatic rings. The van der Waals surface area contributed by atoms with Gasteiger partial charge in [-0.15, -0.1) is 0 Å². The number of carbonyl (C=O) groups excluding carboxylic acids is 3. The molecule has 0 spiro atoms. The standard InChI is InChI=1S/C16H15N3O5/c1-9(17-16(22)13-3-2-6-23-13)15(21)18-10-4-5-12-11(7-10)19-14(20)8-24-12/h2-7,9H,8H2,1H3,(H,17,22)(H,18,21)(H,19,20)/t9-/m0/s1. The van der Waals surface area contributed by atoms with Crippen molar-refractivity contribution >= 4 is 29.1 Å². The van der Waals surface area contributed by atoms with Crippen LogP contribution < -0.4 is 20.7 Å². The number of ether oxygens (including phenoxy) is 1. The highest BCUT2D eigenvalue weighted by Gasteiger charge is 2.20. The predicted octanol–water partition coefficient (Wildman–Crippen LogP) is 1.37. The van der Waals surface area contributed by atoms with Gasteiger partial charge in [0.25, 0.3) is 11.8 Å². The van der Waals surface area contributed by atoms with Crippen molar-refractivity contribution in [3.63, 3.8) is 0 Å². The number of hydrogen-bond acceptors (Lipinski definition) is 5. The summed E-state index contributed by atoms with van der Waals surface area (Å²) in [5, 5.41) is 7.85. The van der Waals surface area contributed by atoms with Gasteiger partial charge >= 0.3 is 0 Å². The van der Waals surface area contributed by atoms with Crippen molar-refractivity contribution in [2.45, 2.75) is 13.0 Å². The number of amides is 3. The lowest BCUT2D eigenvalue weighted by molar-refractivity contribution is -0.119. The van der Waals surface area contributed by atoms with Crippen LogP contribution in [0.5, 0.6) is 5.75 Å². The highest BCUT2D eigenvalue weighted by Crippen LogP contribution is 2.30. The van der Waals surface area contributed by atoms with Gasteiger partial charge in [0.05, 0.1) is 12.0 Å². The van der Waals surface area contributed by atoms with Gasteiger partial charge in [-0.2, -0.15) is 0 Å². The average molecular weight is 329 g/mol. The number of anilines is 2. The first kappa shape index (κ1) is 15.6. The minimum atomic E-state index is -0.774. The van der Waals surface area contributed by atoms with Crippen LogP contribution in [0, 0.1) is 0 Å². The van der Waals surface area contributed by atoms with Crippen LogP contribution in [0.25, 0.3) is 0 Å².